The van der Waals surface area contributed by atoms with Gasteiger partial charge in [0, 0.05) is 4.47 Å². The van der Waals surface area contributed by atoms with Crippen LogP contribution in [0.4, 0.5) is 0 Å². The molecule has 4 nitrogen and oxygen atoms in total. The van der Waals surface area contributed by atoms with Gasteiger partial charge in [-0.2, -0.15) is 0 Å². The first-order valence-electron chi connectivity index (χ1n) is 5.87. The first-order valence-corrected chi connectivity index (χ1v) is 8.21. The molecule has 106 valence electrons. The van der Waals surface area contributed by atoms with Crippen molar-refractivity contribution in [3.05, 3.63) is 58.1 Å². The Morgan fingerprint density at radius 1 is 1.20 bits per heavy atom. The molecule has 0 aliphatic heterocycles. The standard InChI is InChI=1S/C14H14BrNO3S/c1-10-7-12(15)8-13(20(16,17)18)14(10)19-9-11-5-3-2-4-6-11/h2-8H,9H2,1H3,(H2,16,17,18). The van der Waals surface area contributed by atoms with Gasteiger partial charge in [0.1, 0.15) is 17.3 Å². The lowest BCUT2D eigenvalue weighted by molar-refractivity contribution is 0.295. The van der Waals surface area contributed by atoms with Gasteiger partial charge in [-0.1, -0.05) is 46.3 Å². The molecule has 0 radical (unpaired) electrons. The van der Waals surface area contributed by atoms with E-state index in [0.717, 1.165) is 5.56 Å². The molecule has 0 spiro atoms. The maximum atomic E-state index is 11.6. The topological polar surface area (TPSA) is 69.4 Å². The Kier molecular flexibility index (Phi) is 4.47. The molecule has 0 atom stereocenters. The summed E-state index contributed by atoms with van der Waals surface area (Å²) < 4.78 is 29.6. The lowest BCUT2D eigenvalue weighted by Gasteiger charge is -2.13. The van der Waals surface area contributed by atoms with E-state index in [0.29, 0.717) is 15.8 Å². The maximum absolute atomic E-state index is 11.6. The number of primary sulfonamides is 1. The fourth-order valence-electron chi connectivity index (χ4n) is 1.83. The van der Waals surface area contributed by atoms with Crippen molar-refractivity contribution in [1.82, 2.24) is 0 Å². The van der Waals surface area contributed by atoms with E-state index in [9.17, 15) is 8.42 Å². The Labute approximate surface area is 126 Å². The van der Waals surface area contributed by atoms with Crippen molar-refractivity contribution in [3.8, 4) is 5.75 Å². The number of hydrogen-bond acceptors (Lipinski definition) is 3. The van der Waals surface area contributed by atoms with E-state index >= 15 is 0 Å². The molecule has 0 unspecified atom stereocenters. The molecule has 20 heavy (non-hydrogen) atoms. The van der Waals surface area contributed by atoms with Crippen LogP contribution in [-0.4, -0.2) is 8.42 Å². The van der Waals surface area contributed by atoms with Crippen molar-refractivity contribution in [2.24, 2.45) is 5.14 Å². The van der Waals surface area contributed by atoms with Gasteiger partial charge in [-0.05, 0) is 30.2 Å². The predicted octanol–water partition coefficient (Wildman–Crippen LogP) is 2.98. The summed E-state index contributed by atoms with van der Waals surface area (Å²) in [5.41, 5.74) is 1.66. The Hall–Kier alpha value is -1.37. The number of ether oxygens (including phenoxy) is 1. The highest BCUT2D eigenvalue weighted by atomic mass is 79.9. The quantitative estimate of drug-likeness (QED) is 0.916. The summed E-state index contributed by atoms with van der Waals surface area (Å²) in [6.07, 6.45) is 0. The van der Waals surface area contributed by atoms with Crippen LogP contribution in [0.5, 0.6) is 5.75 Å². The summed E-state index contributed by atoms with van der Waals surface area (Å²) >= 11 is 3.26. The van der Waals surface area contributed by atoms with Crippen LogP contribution in [0, 0.1) is 6.92 Å². The highest BCUT2D eigenvalue weighted by Gasteiger charge is 2.18. The number of sulfonamides is 1. The summed E-state index contributed by atoms with van der Waals surface area (Å²) in [5, 5.41) is 5.24. The average Bonchev–Trinajstić information content (AvgIpc) is 2.37. The molecular formula is C14H14BrNO3S. The smallest absolute Gasteiger partial charge is 0.241 e. The Morgan fingerprint density at radius 2 is 1.85 bits per heavy atom. The molecule has 2 aromatic carbocycles. The molecule has 0 saturated heterocycles. The zero-order valence-corrected chi connectivity index (χ0v) is 13.2. The molecule has 2 aromatic rings. The SMILES string of the molecule is Cc1cc(Br)cc(S(N)(=O)=O)c1OCc1ccccc1. The highest BCUT2D eigenvalue weighted by Crippen LogP contribution is 2.31. The molecule has 2 N–H and O–H groups in total. The van der Waals surface area contributed by atoms with E-state index in [1.807, 2.05) is 30.3 Å². The van der Waals surface area contributed by atoms with E-state index in [2.05, 4.69) is 15.9 Å². The van der Waals surface area contributed by atoms with Crippen LogP contribution in [0.15, 0.2) is 51.8 Å². The molecule has 0 aliphatic carbocycles. The summed E-state index contributed by atoms with van der Waals surface area (Å²) in [7, 11) is -3.84. The average molecular weight is 356 g/mol. The molecule has 0 bridgehead atoms. The van der Waals surface area contributed by atoms with E-state index < -0.39 is 10.0 Å². The van der Waals surface area contributed by atoms with Gasteiger partial charge in [-0.15, -0.1) is 0 Å². The summed E-state index contributed by atoms with van der Waals surface area (Å²) in [4.78, 5) is -0.0136. The molecular weight excluding hydrogens is 342 g/mol. The Balaban J connectivity index is 2.36. The van der Waals surface area contributed by atoms with Gasteiger partial charge in [0.15, 0.2) is 0 Å². The fraction of sp³-hybridized carbons (Fsp3) is 0.143. The van der Waals surface area contributed by atoms with Gasteiger partial charge in [0.05, 0.1) is 0 Å². The molecule has 0 heterocycles. The van der Waals surface area contributed by atoms with Gasteiger partial charge < -0.3 is 4.74 Å². The third-order valence-electron chi connectivity index (χ3n) is 2.74. The number of rotatable bonds is 4. The molecule has 0 amide bonds. The highest BCUT2D eigenvalue weighted by molar-refractivity contribution is 9.10. The number of benzene rings is 2. The molecule has 0 fully saturated rings. The van der Waals surface area contributed by atoms with Crippen molar-refractivity contribution in [1.29, 1.82) is 0 Å². The van der Waals surface area contributed by atoms with Crippen molar-refractivity contribution in [3.63, 3.8) is 0 Å². The summed E-state index contributed by atoms with van der Waals surface area (Å²) in [5.74, 6) is 0.291. The summed E-state index contributed by atoms with van der Waals surface area (Å²) in [6.45, 7) is 2.06. The normalized spacial score (nSPS) is 11.3. The van der Waals surface area contributed by atoms with Crippen molar-refractivity contribution < 1.29 is 13.2 Å². The minimum Gasteiger partial charge on any atom is -0.487 e. The fourth-order valence-corrected chi connectivity index (χ4v) is 3.32. The van der Waals surface area contributed by atoms with Crippen LogP contribution in [0.1, 0.15) is 11.1 Å². The van der Waals surface area contributed by atoms with Gasteiger partial charge in [-0.25, -0.2) is 13.6 Å². The maximum Gasteiger partial charge on any atom is 0.241 e. The summed E-state index contributed by atoms with van der Waals surface area (Å²) in [6, 6.07) is 12.7. The van der Waals surface area contributed by atoms with Gasteiger partial charge in [0.25, 0.3) is 0 Å². The van der Waals surface area contributed by atoms with Crippen LogP contribution in [0.2, 0.25) is 0 Å². The van der Waals surface area contributed by atoms with Crippen LogP contribution in [0.25, 0.3) is 0 Å². The van der Waals surface area contributed by atoms with Gasteiger partial charge in [0.2, 0.25) is 10.0 Å². The van der Waals surface area contributed by atoms with Crippen molar-refractivity contribution in [2.45, 2.75) is 18.4 Å². The first-order chi connectivity index (χ1) is 9.38. The third kappa shape index (κ3) is 3.59. The van der Waals surface area contributed by atoms with Gasteiger partial charge in [-0.3, -0.25) is 0 Å². The second-order valence-corrected chi connectivity index (χ2v) is 6.81. The molecule has 2 rings (SSSR count). The zero-order chi connectivity index (χ0) is 14.8. The number of hydrogen-bond donors (Lipinski definition) is 1. The van der Waals surface area contributed by atoms with Crippen molar-refractivity contribution in [2.75, 3.05) is 0 Å². The van der Waals surface area contributed by atoms with Crippen LogP contribution in [0.3, 0.4) is 0 Å². The lowest BCUT2D eigenvalue weighted by atomic mass is 10.2. The number of aryl methyl sites for hydroxylation is 1. The van der Waals surface area contributed by atoms with Crippen molar-refractivity contribution >= 4 is 26.0 Å². The minimum absolute atomic E-state index is 0.0136. The van der Waals surface area contributed by atoms with Crippen LogP contribution in [-0.2, 0) is 16.6 Å². The molecule has 0 aromatic heterocycles. The largest absolute Gasteiger partial charge is 0.487 e. The zero-order valence-electron chi connectivity index (χ0n) is 10.8. The minimum atomic E-state index is -3.84. The number of nitrogens with two attached hydrogens (primary N) is 1. The van der Waals surface area contributed by atoms with Crippen LogP contribution < -0.4 is 9.88 Å². The molecule has 0 aliphatic rings. The second kappa shape index (κ2) is 5.95. The van der Waals surface area contributed by atoms with E-state index in [4.69, 9.17) is 9.88 Å². The van der Waals surface area contributed by atoms with Gasteiger partial charge >= 0.3 is 0 Å². The molecule has 6 heteroatoms. The first kappa shape index (κ1) is 15.0. The lowest BCUT2D eigenvalue weighted by Crippen LogP contribution is -2.14. The Morgan fingerprint density at radius 3 is 2.45 bits per heavy atom. The van der Waals surface area contributed by atoms with E-state index in [-0.39, 0.29) is 11.5 Å². The Bertz CT molecular complexity index is 715. The monoisotopic (exact) mass is 355 g/mol. The predicted molar refractivity (Wildman–Crippen MR) is 81.0 cm³/mol. The van der Waals surface area contributed by atoms with E-state index in [1.54, 1.807) is 13.0 Å². The van der Waals surface area contributed by atoms with Crippen LogP contribution >= 0.6 is 15.9 Å². The van der Waals surface area contributed by atoms with E-state index in [1.165, 1.54) is 6.07 Å². The second-order valence-electron chi connectivity index (χ2n) is 4.37. The third-order valence-corrected chi connectivity index (χ3v) is 4.11. The number of halogens is 1. The molecule has 0 saturated carbocycles.